The fourth-order valence-electron chi connectivity index (χ4n) is 3.68. The van der Waals surface area contributed by atoms with Gasteiger partial charge in [0.1, 0.15) is 31.1 Å². The van der Waals surface area contributed by atoms with Crippen LogP contribution < -0.4 is 9.80 Å². The number of quaternary nitrogens is 2. The summed E-state index contributed by atoms with van der Waals surface area (Å²) in [6, 6.07) is 3.72. The Bertz CT molecular complexity index is 964. The molecule has 0 radical (unpaired) electrons. The molecule has 144 valence electrons. The second kappa shape index (κ2) is 7.14. The van der Waals surface area contributed by atoms with Gasteiger partial charge in [0.2, 0.25) is 10.8 Å². The highest BCUT2D eigenvalue weighted by Crippen LogP contribution is 2.35. The number of aromatic hydroxyl groups is 1. The van der Waals surface area contributed by atoms with Crippen molar-refractivity contribution in [2.75, 3.05) is 33.2 Å². The smallest absolute Gasteiger partial charge is 0.235 e. The molecule has 9 heteroatoms. The average Bonchev–Trinajstić information content (AvgIpc) is 3.19. The Labute approximate surface area is 159 Å². The lowest BCUT2D eigenvalue weighted by Crippen LogP contribution is -3.27. The zero-order valence-electron chi connectivity index (χ0n) is 15.3. The maximum absolute atomic E-state index is 14.0. The first-order valence-corrected chi connectivity index (χ1v) is 9.97. The minimum atomic E-state index is -0.871. The van der Waals surface area contributed by atoms with Crippen LogP contribution in [-0.4, -0.2) is 52.9 Å². The molecule has 0 amide bonds. The van der Waals surface area contributed by atoms with Crippen LogP contribution in [0, 0.1) is 11.6 Å². The first-order valence-electron chi connectivity index (χ1n) is 9.16. The number of halogens is 2. The van der Waals surface area contributed by atoms with Crippen molar-refractivity contribution in [3.05, 3.63) is 46.1 Å². The summed E-state index contributed by atoms with van der Waals surface area (Å²) in [6.45, 7) is 5.68. The third-order valence-corrected chi connectivity index (χ3v) is 6.34. The summed E-state index contributed by atoms with van der Waals surface area (Å²) < 4.78 is 28.9. The third kappa shape index (κ3) is 3.30. The summed E-state index contributed by atoms with van der Waals surface area (Å²) in [7, 11) is 2.15. The van der Waals surface area contributed by atoms with Gasteiger partial charge >= 0.3 is 0 Å². The molecule has 0 unspecified atom stereocenters. The molecule has 2 aromatic heterocycles. The van der Waals surface area contributed by atoms with Crippen molar-refractivity contribution in [3.63, 3.8) is 0 Å². The number of nitrogens with one attached hydrogen (secondary N) is 2. The Morgan fingerprint density at radius 3 is 2.59 bits per heavy atom. The van der Waals surface area contributed by atoms with E-state index >= 15 is 0 Å². The Kier molecular flexibility index (Phi) is 4.83. The number of piperazine rings is 1. The van der Waals surface area contributed by atoms with E-state index < -0.39 is 11.6 Å². The monoisotopic (exact) mass is 395 g/mol. The molecule has 4 rings (SSSR count). The SMILES string of the molecule is CCc1nc2sc([C@@H](c3ccc(F)c(F)c3)[NH+]3CC[NH+](C)CC3)c(O)n2n1. The van der Waals surface area contributed by atoms with Gasteiger partial charge in [0.05, 0.1) is 7.05 Å². The molecule has 0 aliphatic carbocycles. The normalized spacial score (nSPS) is 21.6. The number of fused-ring (bicyclic) bond motifs is 1. The van der Waals surface area contributed by atoms with Crippen molar-refractivity contribution >= 4 is 16.3 Å². The van der Waals surface area contributed by atoms with Crippen LogP contribution in [0.4, 0.5) is 8.78 Å². The summed E-state index contributed by atoms with van der Waals surface area (Å²) >= 11 is 1.36. The molecule has 3 N–H and O–H groups in total. The number of rotatable bonds is 4. The molecule has 1 aromatic carbocycles. The van der Waals surface area contributed by atoms with Gasteiger partial charge in [0.15, 0.2) is 23.5 Å². The quantitative estimate of drug-likeness (QED) is 0.576. The Morgan fingerprint density at radius 1 is 1.22 bits per heavy atom. The predicted octanol–water partition coefficient (Wildman–Crippen LogP) is -0.160. The van der Waals surface area contributed by atoms with Crippen LogP contribution >= 0.6 is 11.3 Å². The van der Waals surface area contributed by atoms with Gasteiger partial charge in [-0.3, -0.25) is 0 Å². The highest BCUT2D eigenvalue weighted by molar-refractivity contribution is 7.17. The lowest BCUT2D eigenvalue weighted by molar-refractivity contribution is -1.02. The van der Waals surface area contributed by atoms with Crippen LogP contribution in [-0.2, 0) is 6.42 Å². The van der Waals surface area contributed by atoms with Crippen molar-refractivity contribution in [2.24, 2.45) is 0 Å². The van der Waals surface area contributed by atoms with E-state index in [1.54, 1.807) is 6.07 Å². The van der Waals surface area contributed by atoms with Crippen LogP contribution in [0.3, 0.4) is 0 Å². The van der Waals surface area contributed by atoms with Gasteiger partial charge in [-0.05, 0) is 18.2 Å². The first-order chi connectivity index (χ1) is 13.0. The molecule has 3 aromatic rings. The van der Waals surface area contributed by atoms with E-state index in [2.05, 4.69) is 17.1 Å². The Morgan fingerprint density at radius 2 is 1.96 bits per heavy atom. The molecular formula is C18H23F2N5OS+2. The zero-order valence-corrected chi connectivity index (χ0v) is 16.1. The zero-order chi connectivity index (χ0) is 19.1. The van der Waals surface area contributed by atoms with Crippen molar-refractivity contribution in [1.29, 1.82) is 0 Å². The molecule has 0 saturated carbocycles. The molecule has 0 bridgehead atoms. The largest absolute Gasteiger partial charge is 0.492 e. The summed E-state index contributed by atoms with van der Waals surface area (Å²) in [5.41, 5.74) is 0.652. The second-order valence-electron chi connectivity index (χ2n) is 7.09. The summed E-state index contributed by atoms with van der Waals surface area (Å²) in [6.07, 6.45) is 0.683. The molecule has 27 heavy (non-hydrogen) atoms. The lowest BCUT2D eigenvalue weighted by Gasteiger charge is -2.33. The molecular weight excluding hydrogens is 372 g/mol. The van der Waals surface area contributed by atoms with Crippen molar-refractivity contribution < 1.29 is 23.7 Å². The van der Waals surface area contributed by atoms with E-state index in [9.17, 15) is 13.9 Å². The molecule has 3 heterocycles. The number of thiazole rings is 1. The fourth-order valence-corrected chi connectivity index (χ4v) is 4.84. The van der Waals surface area contributed by atoms with Gasteiger partial charge in [0.25, 0.3) is 0 Å². The standard InChI is InChI=1S/C18H21F2N5OS/c1-3-14-21-18-25(22-14)17(26)16(27-18)15(24-8-6-23(2)7-9-24)11-4-5-12(19)13(20)10-11/h4-5,10,15,26H,3,6-9H2,1-2H3/p+2/t15-/m1/s1. The van der Waals surface area contributed by atoms with E-state index in [-0.39, 0.29) is 11.9 Å². The van der Waals surface area contributed by atoms with Crippen LogP contribution in [0.15, 0.2) is 18.2 Å². The van der Waals surface area contributed by atoms with Crippen LogP contribution in [0.2, 0.25) is 0 Å². The summed E-state index contributed by atoms with van der Waals surface area (Å²) in [5.74, 6) is -1.03. The molecule has 1 aliphatic rings. The summed E-state index contributed by atoms with van der Waals surface area (Å²) in [5, 5.41) is 15.2. The van der Waals surface area contributed by atoms with Gasteiger partial charge in [-0.25, -0.2) is 13.8 Å². The van der Waals surface area contributed by atoms with Gasteiger partial charge in [-0.2, -0.15) is 4.52 Å². The highest BCUT2D eigenvalue weighted by atomic mass is 32.1. The van der Waals surface area contributed by atoms with Crippen molar-refractivity contribution in [3.8, 4) is 5.88 Å². The molecule has 1 fully saturated rings. The second-order valence-corrected chi connectivity index (χ2v) is 8.10. The Hall–Kier alpha value is -2.10. The maximum atomic E-state index is 14.0. The molecule has 1 saturated heterocycles. The minimum Gasteiger partial charge on any atom is -0.492 e. The van der Waals surface area contributed by atoms with E-state index in [0.29, 0.717) is 27.6 Å². The van der Waals surface area contributed by atoms with E-state index in [1.807, 2.05) is 6.92 Å². The maximum Gasteiger partial charge on any atom is 0.235 e. The van der Waals surface area contributed by atoms with E-state index in [1.165, 1.54) is 31.7 Å². The van der Waals surface area contributed by atoms with E-state index in [4.69, 9.17) is 0 Å². The van der Waals surface area contributed by atoms with Crippen LogP contribution in [0.5, 0.6) is 5.88 Å². The predicted molar refractivity (Wildman–Crippen MR) is 97.4 cm³/mol. The number of hydrogen-bond acceptors (Lipinski definition) is 4. The van der Waals surface area contributed by atoms with Crippen LogP contribution in [0.1, 0.15) is 29.2 Å². The Balaban J connectivity index is 1.80. The van der Waals surface area contributed by atoms with Gasteiger partial charge < -0.3 is 14.9 Å². The summed E-state index contributed by atoms with van der Waals surface area (Å²) in [4.78, 5) is 8.42. The van der Waals surface area contributed by atoms with Crippen molar-refractivity contribution in [2.45, 2.75) is 19.4 Å². The molecule has 1 aliphatic heterocycles. The molecule has 0 spiro atoms. The lowest BCUT2D eigenvalue weighted by atomic mass is 10.0. The minimum absolute atomic E-state index is 0.0377. The van der Waals surface area contributed by atoms with Gasteiger partial charge in [0, 0.05) is 12.0 Å². The number of benzene rings is 1. The van der Waals surface area contributed by atoms with Gasteiger partial charge in [-0.15, -0.1) is 5.10 Å². The topological polar surface area (TPSA) is 59.3 Å². The highest BCUT2D eigenvalue weighted by Gasteiger charge is 2.36. The van der Waals surface area contributed by atoms with Crippen LogP contribution in [0.25, 0.3) is 4.96 Å². The molecule has 6 nitrogen and oxygen atoms in total. The van der Waals surface area contributed by atoms with Gasteiger partial charge in [-0.1, -0.05) is 18.3 Å². The number of aryl methyl sites for hydroxylation is 1. The molecule has 1 atom stereocenters. The van der Waals surface area contributed by atoms with E-state index in [0.717, 1.165) is 32.2 Å². The fraction of sp³-hybridized carbons (Fsp3) is 0.444. The third-order valence-electron chi connectivity index (χ3n) is 5.25. The average molecular weight is 395 g/mol. The number of hydrogen-bond donors (Lipinski definition) is 3. The van der Waals surface area contributed by atoms with Crippen molar-refractivity contribution in [1.82, 2.24) is 14.6 Å². The number of likely N-dealkylation sites (N-methyl/N-ethyl adjacent to an activating group) is 1. The first kappa shape index (κ1) is 18.3. The number of aromatic nitrogens is 3. The number of nitrogens with zero attached hydrogens (tertiary/aromatic N) is 3.